The minimum absolute atomic E-state index is 0.0747. The number of nitrogens with zero attached hydrogens (tertiary/aromatic N) is 2. The smallest absolute Gasteiger partial charge is 0.223 e. The van der Waals surface area contributed by atoms with Gasteiger partial charge >= 0.3 is 0 Å². The van der Waals surface area contributed by atoms with Gasteiger partial charge in [-0.2, -0.15) is 5.26 Å². The predicted molar refractivity (Wildman–Crippen MR) is 60.3 cm³/mol. The SMILES string of the molecule is CC1CC(=O)N(Cc2cc(F)ccc2C#N)C1. The normalized spacial score (nSPS) is 19.5. The van der Waals surface area contributed by atoms with Crippen LogP contribution in [0.3, 0.4) is 0 Å². The molecule has 0 bridgehead atoms. The van der Waals surface area contributed by atoms with Crippen molar-refractivity contribution in [2.45, 2.75) is 19.9 Å². The fraction of sp³-hybridized carbons (Fsp3) is 0.385. The van der Waals surface area contributed by atoms with Gasteiger partial charge in [-0.15, -0.1) is 0 Å². The monoisotopic (exact) mass is 232 g/mol. The molecule has 0 aliphatic carbocycles. The first-order valence-electron chi connectivity index (χ1n) is 5.56. The van der Waals surface area contributed by atoms with Crippen LogP contribution in [0.1, 0.15) is 24.5 Å². The lowest BCUT2D eigenvalue weighted by atomic mass is 10.1. The average molecular weight is 232 g/mol. The molecule has 1 fully saturated rings. The highest BCUT2D eigenvalue weighted by Crippen LogP contribution is 2.21. The molecule has 88 valence electrons. The Hall–Kier alpha value is -1.89. The number of halogens is 1. The molecule has 1 heterocycles. The maximum atomic E-state index is 13.1. The lowest BCUT2D eigenvalue weighted by Gasteiger charge is -2.16. The van der Waals surface area contributed by atoms with E-state index in [1.54, 1.807) is 4.90 Å². The number of likely N-dealkylation sites (tertiary alicyclic amines) is 1. The molecule has 17 heavy (non-hydrogen) atoms. The summed E-state index contributed by atoms with van der Waals surface area (Å²) in [4.78, 5) is 13.3. The summed E-state index contributed by atoms with van der Waals surface area (Å²) in [6.45, 7) is 3.01. The summed E-state index contributed by atoms with van der Waals surface area (Å²) in [6.07, 6.45) is 0.539. The fourth-order valence-electron chi connectivity index (χ4n) is 2.13. The number of carbonyl (C=O) groups excluding carboxylic acids is 1. The van der Waals surface area contributed by atoms with Gasteiger partial charge in [0, 0.05) is 19.5 Å². The summed E-state index contributed by atoms with van der Waals surface area (Å²) in [5.74, 6) is 0.0333. The van der Waals surface area contributed by atoms with Crippen molar-refractivity contribution < 1.29 is 9.18 Å². The Morgan fingerprint density at radius 2 is 2.35 bits per heavy atom. The van der Waals surface area contributed by atoms with Gasteiger partial charge in [0.1, 0.15) is 5.82 Å². The van der Waals surface area contributed by atoms with Crippen LogP contribution in [-0.2, 0) is 11.3 Å². The Kier molecular flexibility index (Phi) is 3.10. The van der Waals surface area contributed by atoms with Crippen molar-refractivity contribution >= 4 is 5.91 Å². The number of benzene rings is 1. The third-order valence-corrected chi connectivity index (χ3v) is 2.96. The number of carbonyl (C=O) groups is 1. The molecule has 1 unspecified atom stereocenters. The zero-order valence-electron chi connectivity index (χ0n) is 9.61. The van der Waals surface area contributed by atoms with E-state index in [0.29, 0.717) is 36.6 Å². The molecule has 1 aromatic carbocycles. The summed E-state index contributed by atoms with van der Waals surface area (Å²) >= 11 is 0. The molecule has 2 rings (SSSR count). The van der Waals surface area contributed by atoms with E-state index >= 15 is 0 Å². The third kappa shape index (κ3) is 2.44. The van der Waals surface area contributed by atoms with Crippen LogP contribution in [0, 0.1) is 23.1 Å². The average Bonchev–Trinajstić information content (AvgIpc) is 2.58. The Labute approximate surface area is 99.5 Å². The summed E-state index contributed by atoms with van der Waals surface area (Å²) in [7, 11) is 0. The maximum absolute atomic E-state index is 13.1. The number of hydrogen-bond acceptors (Lipinski definition) is 2. The third-order valence-electron chi connectivity index (χ3n) is 2.96. The topological polar surface area (TPSA) is 44.1 Å². The Morgan fingerprint density at radius 3 is 2.94 bits per heavy atom. The molecule has 1 saturated heterocycles. The summed E-state index contributed by atoms with van der Waals surface area (Å²) in [6, 6.07) is 6.06. The molecule has 0 radical (unpaired) electrons. The first-order valence-corrected chi connectivity index (χ1v) is 5.56. The molecule has 1 amide bonds. The highest BCUT2D eigenvalue weighted by atomic mass is 19.1. The first-order chi connectivity index (χ1) is 8.10. The Morgan fingerprint density at radius 1 is 1.59 bits per heavy atom. The van der Waals surface area contributed by atoms with E-state index in [1.165, 1.54) is 18.2 Å². The molecule has 1 aliphatic heterocycles. The standard InChI is InChI=1S/C13H13FN2O/c1-9-4-13(17)16(7-9)8-11-5-12(14)3-2-10(11)6-15/h2-3,5,9H,4,7-8H2,1H3. The van der Waals surface area contributed by atoms with E-state index in [0.717, 1.165) is 0 Å². The van der Waals surface area contributed by atoms with Crippen molar-refractivity contribution in [3.8, 4) is 6.07 Å². The molecule has 0 saturated carbocycles. The first kappa shape index (κ1) is 11.6. The highest BCUT2D eigenvalue weighted by molar-refractivity contribution is 5.78. The van der Waals surface area contributed by atoms with Crippen LogP contribution in [0.15, 0.2) is 18.2 Å². The van der Waals surface area contributed by atoms with Crippen molar-refractivity contribution in [2.75, 3.05) is 6.54 Å². The molecule has 3 nitrogen and oxygen atoms in total. The number of rotatable bonds is 2. The minimum atomic E-state index is -0.376. The summed E-state index contributed by atoms with van der Waals surface area (Å²) in [5, 5.41) is 8.93. The number of amides is 1. The predicted octanol–water partition coefficient (Wildman–Crippen LogP) is 2.07. The zero-order valence-corrected chi connectivity index (χ0v) is 9.61. The second kappa shape index (κ2) is 4.54. The van der Waals surface area contributed by atoms with Gasteiger partial charge in [-0.25, -0.2) is 4.39 Å². The van der Waals surface area contributed by atoms with Gasteiger partial charge in [0.15, 0.2) is 0 Å². The van der Waals surface area contributed by atoms with Crippen molar-refractivity contribution in [1.29, 1.82) is 5.26 Å². The van der Waals surface area contributed by atoms with Gasteiger partial charge < -0.3 is 4.90 Å². The van der Waals surface area contributed by atoms with E-state index < -0.39 is 0 Å². The molecule has 1 aliphatic rings. The molecular weight excluding hydrogens is 219 g/mol. The van der Waals surface area contributed by atoms with E-state index in [2.05, 4.69) is 0 Å². The summed E-state index contributed by atoms with van der Waals surface area (Å²) < 4.78 is 13.1. The zero-order chi connectivity index (χ0) is 12.4. The van der Waals surface area contributed by atoms with Crippen molar-refractivity contribution in [3.05, 3.63) is 35.1 Å². The van der Waals surface area contributed by atoms with Crippen molar-refractivity contribution in [2.24, 2.45) is 5.92 Å². The molecule has 1 atom stereocenters. The number of nitriles is 1. The summed E-state index contributed by atoms with van der Waals surface area (Å²) in [5.41, 5.74) is 1.01. The maximum Gasteiger partial charge on any atom is 0.223 e. The van der Waals surface area contributed by atoms with Crippen LogP contribution < -0.4 is 0 Å². The van der Waals surface area contributed by atoms with Crippen LogP contribution in [0.5, 0.6) is 0 Å². The van der Waals surface area contributed by atoms with Crippen LogP contribution in [0.2, 0.25) is 0 Å². The van der Waals surface area contributed by atoms with Gasteiger partial charge in [-0.1, -0.05) is 6.92 Å². The van der Waals surface area contributed by atoms with Crippen molar-refractivity contribution in [1.82, 2.24) is 4.90 Å². The van der Waals surface area contributed by atoms with Crippen molar-refractivity contribution in [3.63, 3.8) is 0 Å². The Balaban J connectivity index is 2.21. The van der Waals surface area contributed by atoms with Crippen LogP contribution in [0.25, 0.3) is 0 Å². The Bertz CT molecular complexity index is 493. The van der Waals surface area contributed by atoms with Crippen LogP contribution in [0.4, 0.5) is 4.39 Å². The largest absolute Gasteiger partial charge is 0.338 e. The van der Waals surface area contributed by atoms with Crippen LogP contribution >= 0.6 is 0 Å². The molecule has 1 aromatic rings. The van der Waals surface area contributed by atoms with Gasteiger partial charge in [-0.3, -0.25) is 4.79 Å². The number of hydrogen-bond donors (Lipinski definition) is 0. The second-order valence-corrected chi connectivity index (χ2v) is 4.50. The lowest BCUT2D eigenvalue weighted by Crippen LogP contribution is -2.24. The van der Waals surface area contributed by atoms with Gasteiger partial charge in [0.2, 0.25) is 5.91 Å². The van der Waals surface area contributed by atoms with E-state index in [1.807, 2.05) is 13.0 Å². The van der Waals surface area contributed by atoms with E-state index in [4.69, 9.17) is 5.26 Å². The van der Waals surface area contributed by atoms with Gasteiger partial charge in [-0.05, 0) is 29.7 Å². The highest BCUT2D eigenvalue weighted by Gasteiger charge is 2.26. The van der Waals surface area contributed by atoms with Gasteiger partial charge in [0.05, 0.1) is 11.6 Å². The molecule has 4 heteroatoms. The molecule has 0 N–H and O–H groups in total. The van der Waals surface area contributed by atoms with Crippen LogP contribution in [-0.4, -0.2) is 17.4 Å². The van der Waals surface area contributed by atoms with E-state index in [-0.39, 0.29) is 11.7 Å². The lowest BCUT2D eigenvalue weighted by molar-refractivity contribution is -0.128. The molecule has 0 aromatic heterocycles. The molecule has 0 spiro atoms. The van der Waals surface area contributed by atoms with E-state index in [9.17, 15) is 9.18 Å². The second-order valence-electron chi connectivity index (χ2n) is 4.50. The quantitative estimate of drug-likeness (QED) is 0.783. The molecular formula is C13H13FN2O. The minimum Gasteiger partial charge on any atom is -0.338 e. The van der Waals surface area contributed by atoms with Gasteiger partial charge in [0.25, 0.3) is 0 Å². The fourth-order valence-corrected chi connectivity index (χ4v) is 2.13.